The number of benzene rings is 1. The summed E-state index contributed by atoms with van der Waals surface area (Å²) in [6.07, 6.45) is 2.80. The molecule has 0 bridgehead atoms. The molecule has 1 aromatic rings. The van der Waals surface area contributed by atoms with E-state index in [0.29, 0.717) is 29.7 Å². The highest BCUT2D eigenvalue weighted by atomic mass is 79.9. The lowest BCUT2D eigenvalue weighted by molar-refractivity contribution is 0.0764. The molecule has 19 heavy (non-hydrogen) atoms. The molecule has 0 N–H and O–H groups in total. The summed E-state index contributed by atoms with van der Waals surface area (Å²) in [5.41, 5.74) is 1.58. The van der Waals surface area contributed by atoms with Crippen LogP contribution in [0.4, 0.5) is 4.39 Å². The minimum absolute atomic E-state index is 0.140. The largest absolute Gasteiger partial charge is 0.380 e. The Morgan fingerprint density at radius 1 is 1.53 bits per heavy atom. The van der Waals surface area contributed by atoms with Crippen LogP contribution in [0.2, 0.25) is 0 Å². The van der Waals surface area contributed by atoms with E-state index in [0.717, 1.165) is 6.42 Å². The molecule has 0 aromatic heterocycles. The SMILES string of the molecule is COCC1=CCN(C(=O)c2ccc(Br)c(F)c2)CC1. The molecule has 1 aromatic carbocycles. The fourth-order valence-corrected chi connectivity index (χ4v) is 2.27. The van der Waals surface area contributed by atoms with E-state index in [-0.39, 0.29) is 5.91 Å². The number of carbonyl (C=O) groups is 1. The summed E-state index contributed by atoms with van der Waals surface area (Å²) in [5.74, 6) is -0.558. The fraction of sp³-hybridized carbons (Fsp3) is 0.357. The van der Waals surface area contributed by atoms with Crippen LogP contribution in [-0.4, -0.2) is 37.6 Å². The molecule has 0 saturated carbocycles. The molecule has 102 valence electrons. The van der Waals surface area contributed by atoms with Gasteiger partial charge in [0.05, 0.1) is 11.1 Å². The quantitative estimate of drug-likeness (QED) is 0.799. The van der Waals surface area contributed by atoms with Gasteiger partial charge in [0.15, 0.2) is 0 Å². The second-order valence-corrected chi connectivity index (χ2v) is 5.28. The third-order valence-electron chi connectivity index (χ3n) is 3.09. The molecular weight excluding hydrogens is 313 g/mol. The Balaban J connectivity index is 2.07. The smallest absolute Gasteiger partial charge is 0.254 e. The second kappa shape index (κ2) is 6.30. The first-order valence-electron chi connectivity index (χ1n) is 6.03. The van der Waals surface area contributed by atoms with Crippen LogP contribution in [0.1, 0.15) is 16.8 Å². The van der Waals surface area contributed by atoms with Crippen molar-refractivity contribution in [2.45, 2.75) is 6.42 Å². The van der Waals surface area contributed by atoms with Crippen LogP contribution >= 0.6 is 15.9 Å². The van der Waals surface area contributed by atoms with Crippen LogP contribution in [0, 0.1) is 5.82 Å². The van der Waals surface area contributed by atoms with Gasteiger partial charge in [0.1, 0.15) is 5.82 Å². The van der Waals surface area contributed by atoms with Crippen LogP contribution in [0.25, 0.3) is 0 Å². The minimum Gasteiger partial charge on any atom is -0.380 e. The van der Waals surface area contributed by atoms with E-state index < -0.39 is 5.82 Å². The third kappa shape index (κ3) is 3.42. The van der Waals surface area contributed by atoms with Gasteiger partial charge in [0.2, 0.25) is 0 Å². The van der Waals surface area contributed by atoms with E-state index >= 15 is 0 Å². The Hall–Kier alpha value is -1.20. The zero-order valence-corrected chi connectivity index (χ0v) is 12.2. The molecular formula is C14H15BrFNO2. The average molecular weight is 328 g/mol. The second-order valence-electron chi connectivity index (χ2n) is 4.43. The maximum atomic E-state index is 13.4. The Morgan fingerprint density at radius 3 is 2.89 bits per heavy atom. The van der Waals surface area contributed by atoms with E-state index in [1.54, 1.807) is 24.1 Å². The molecule has 0 aliphatic carbocycles. The van der Waals surface area contributed by atoms with E-state index in [4.69, 9.17) is 4.74 Å². The van der Waals surface area contributed by atoms with Crippen molar-refractivity contribution in [3.8, 4) is 0 Å². The van der Waals surface area contributed by atoms with Gasteiger partial charge in [-0.2, -0.15) is 0 Å². The topological polar surface area (TPSA) is 29.5 Å². The van der Waals surface area contributed by atoms with Crippen molar-refractivity contribution in [2.75, 3.05) is 26.8 Å². The number of halogens is 2. The lowest BCUT2D eigenvalue weighted by Gasteiger charge is -2.26. The molecule has 5 heteroatoms. The number of rotatable bonds is 3. The highest BCUT2D eigenvalue weighted by Crippen LogP contribution is 2.19. The molecule has 1 heterocycles. The Bertz CT molecular complexity index is 516. The van der Waals surface area contributed by atoms with Gasteiger partial charge in [0, 0.05) is 25.8 Å². The van der Waals surface area contributed by atoms with Gasteiger partial charge in [-0.15, -0.1) is 0 Å². The standard InChI is InChI=1S/C14H15BrFNO2/c1-19-9-10-4-6-17(7-5-10)14(18)11-2-3-12(15)13(16)8-11/h2-4,8H,5-7,9H2,1H3. The Kier molecular flexibility index (Phi) is 4.71. The van der Waals surface area contributed by atoms with Gasteiger partial charge < -0.3 is 9.64 Å². The van der Waals surface area contributed by atoms with Crippen LogP contribution < -0.4 is 0 Å². The highest BCUT2D eigenvalue weighted by molar-refractivity contribution is 9.10. The van der Waals surface area contributed by atoms with Crippen molar-refractivity contribution in [2.24, 2.45) is 0 Å². The summed E-state index contributed by atoms with van der Waals surface area (Å²) in [5, 5.41) is 0. The van der Waals surface area contributed by atoms with Crippen molar-refractivity contribution in [1.29, 1.82) is 0 Å². The first kappa shape index (κ1) is 14.2. The first-order chi connectivity index (χ1) is 9.11. The molecule has 1 amide bonds. The average Bonchev–Trinajstić information content (AvgIpc) is 2.42. The number of hydrogen-bond acceptors (Lipinski definition) is 2. The summed E-state index contributed by atoms with van der Waals surface area (Å²) in [4.78, 5) is 13.9. The predicted octanol–water partition coefficient (Wildman–Crippen LogP) is 3.01. The van der Waals surface area contributed by atoms with Crippen LogP contribution in [-0.2, 0) is 4.74 Å². The fourth-order valence-electron chi connectivity index (χ4n) is 2.02. The number of nitrogens with zero attached hydrogens (tertiary/aromatic N) is 1. The molecule has 3 nitrogen and oxygen atoms in total. The lowest BCUT2D eigenvalue weighted by Crippen LogP contribution is -2.35. The van der Waals surface area contributed by atoms with Gasteiger partial charge >= 0.3 is 0 Å². The molecule has 0 unspecified atom stereocenters. The number of ether oxygens (including phenoxy) is 1. The maximum absolute atomic E-state index is 13.4. The van der Waals surface area contributed by atoms with Gasteiger partial charge in [-0.1, -0.05) is 6.08 Å². The first-order valence-corrected chi connectivity index (χ1v) is 6.82. The molecule has 1 aliphatic heterocycles. The van der Waals surface area contributed by atoms with Gasteiger partial charge in [-0.25, -0.2) is 4.39 Å². The predicted molar refractivity (Wildman–Crippen MR) is 74.6 cm³/mol. The van der Waals surface area contributed by atoms with Crippen molar-refractivity contribution in [1.82, 2.24) is 4.90 Å². The van der Waals surface area contributed by atoms with Crippen LogP contribution in [0.5, 0.6) is 0 Å². The molecule has 0 radical (unpaired) electrons. The zero-order chi connectivity index (χ0) is 13.8. The van der Waals surface area contributed by atoms with E-state index in [9.17, 15) is 9.18 Å². The van der Waals surface area contributed by atoms with Gasteiger partial charge in [-0.05, 0) is 46.1 Å². The number of carbonyl (C=O) groups excluding carboxylic acids is 1. The van der Waals surface area contributed by atoms with Crippen molar-refractivity contribution < 1.29 is 13.9 Å². The number of hydrogen-bond donors (Lipinski definition) is 0. The molecule has 1 aliphatic rings. The van der Waals surface area contributed by atoms with Crippen molar-refractivity contribution in [3.63, 3.8) is 0 Å². The van der Waals surface area contributed by atoms with E-state index in [1.165, 1.54) is 11.6 Å². The highest BCUT2D eigenvalue weighted by Gasteiger charge is 2.19. The summed E-state index contributed by atoms with van der Waals surface area (Å²) in [6.45, 7) is 1.80. The van der Waals surface area contributed by atoms with E-state index in [1.807, 2.05) is 6.08 Å². The summed E-state index contributed by atoms with van der Waals surface area (Å²) in [7, 11) is 1.66. The normalized spacial score (nSPS) is 15.3. The molecule has 0 spiro atoms. The van der Waals surface area contributed by atoms with Gasteiger partial charge in [0.25, 0.3) is 5.91 Å². The monoisotopic (exact) mass is 327 g/mol. The third-order valence-corrected chi connectivity index (χ3v) is 3.73. The molecule has 0 atom stereocenters. The summed E-state index contributed by atoms with van der Waals surface area (Å²) >= 11 is 3.08. The minimum atomic E-state index is -0.418. The van der Waals surface area contributed by atoms with Crippen LogP contribution in [0.3, 0.4) is 0 Å². The molecule has 0 saturated heterocycles. The summed E-state index contributed by atoms with van der Waals surface area (Å²) < 4.78 is 18.9. The summed E-state index contributed by atoms with van der Waals surface area (Å²) in [6, 6.07) is 4.45. The van der Waals surface area contributed by atoms with Crippen molar-refractivity contribution >= 4 is 21.8 Å². The van der Waals surface area contributed by atoms with Crippen LogP contribution in [0.15, 0.2) is 34.3 Å². The van der Waals surface area contributed by atoms with Gasteiger partial charge in [-0.3, -0.25) is 4.79 Å². The Morgan fingerprint density at radius 2 is 2.32 bits per heavy atom. The molecule has 2 rings (SSSR count). The zero-order valence-electron chi connectivity index (χ0n) is 10.7. The Labute approximate surface area is 120 Å². The number of methoxy groups -OCH3 is 1. The van der Waals surface area contributed by atoms with E-state index in [2.05, 4.69) is 15.9 Å². The lowest BCUT2D eigenvalue weighted by atomic mass is 10.1. The number of amides is 1. The van der Waals surface area contributed by atoms with Crippen molar-refractivity contribution in [3.05, 3.63) is 45.7 Å². The maximum Gasteiger partial charge on any atom is 0.254 e. The molecule has 0 fully saturated rings.